The van der Waals surface area contributed by atoms with E-state index >= 15 is 0 Å². The number of thiophene rings is 1. The predicted octanol–water partition coefficient (Wildman–Crippen LogP) is 4.49. The molecular weight excluding hydrogens is 398 g/mol. The molecule has 0 radical (unpaired) electrons. The first kappa shape index (κ1) is 20.3. The molecule has 0 N–H and O–H groups in total. The third kappa shape index (κ3) is 3.75. The normalized spacial score (nSPS) is 15.4. The molecule has 3 aromatic rings. The van der Waals surface area contributed by atoms with Gasteiger partial charge in [-0.1, -0.05) is 30.3 Å². The summed E-state index contributed by atoms with van der Waals surface area (Å²) in [6.45, 7) is 0.705. The first-order valence-electron chi connectivity index (χ1n) is 9.85. The van der Waals surface area contributed by atoms with Crippen molar-refractivity contribution in [1.82, 2.24) is 4.90 Å². The molecule has 1 aromatic heterocycles. The molecular formula is C24H25NO4S. The summed E-state index contributed by atoms with van der Waals surface area (Å²) in [5.41, 5.74) is 3.20. The fourth-order valence-corrected chi connectivity index (χ4v) is 5.00. The highest BCUT2D eigenvalue weighted by Gasteiger charge is 2.32. The Morgan fingerprint density at radius 1 is 1.03 bits per heavy atom. The van der Waals surface area contributed by atoms with Gasteiger partial charge in [0.15, 0.2) is 11.5 Å². The average molecular weight is 424 g/mol. The minimum absolute atomic E-state index is 0.0595. The van der Waals surface area contributed by atoms with Crippen molar-refractivity contribution >= 4 is 17.2 Å². The van der Waals surface area contributed by atoms with Crippen molar-refractivity contribution in [3.8, 4) is 17.2 Å². The van der Waals surface area contributed by atoms with Gasteiger partial charge in [0.25, 0.3) is 0 Å². The lowest BCUT2D eigenvalue weighted by atomic mass is 9.92. The molecule has 0 saturated heterocycles. The monoisotopic (exact) mass is 423 g/mol. The quantitative estimate of drug-likeness (QED) is 0.586. The van der Waals surface area contributed by atoms with Crippen molar-refractivity contribution in [2.75, 3.05) is 27.9 Å². The summed E-state index contributed by atoms with van der Waals surface area (Å²) < 4.78 is 16.3. The number of amides is 1. The van der Waals surface area contributed by atoms with Gasteiger partial charge in [-0.2, -0.15) is 0 Å². The molecule has 4 rings (SSSR count). The van der Waals surface area contributed by atoms with Crippen LogP contribution in [-0.2, 0) is 17.6 Å². The highest BCUT2D eigenvalue weighted by Crippen LogP contribution is 2.40. The Morgan fingerprint density at radius 2 is 1.73 bits per heavy atom. The van der Waals surface area contributed by atoms with Crippen molar-refractivity contribution < 1.29 is 19.0 Å². The molecule has 2 heterocycles. The van der Waals surface area contributed by atoms with Crippen LogP contribution in [0.5, 0.6) is 17.2 Å². The van der Waals surface area contributed by atoms with Gasteiger partial charge in [-0.15, -0.1) is 11.3 Å². The van der Waals surface area contributed by atoms with Gasteiger partial charge in [0.1, 0.15) is 0 Å². The summed E-state index contributed by atoms with van der Waals surface area (Å²) in [6, 6.07) is 16.0. The summed E-state index contributed by atoms with van der Waals surface area (Å²) in [7, 11) is 4.73. The standard InChI is InChI=1S/C24H25NO4S/c1-27-19-13-16(14-20(28-2)24(19)29-3)15-22(26)25-11-9-21-18(10-12-30-21)23(25)17-7-5-4-6-8-17/h4-8,10,12-14,23H,9,11,15H2,1-3H3. The third-order valence-electron chi connectivity index (χ3n) is 5.48. The van der Waals surface area contributed by atoms with Gasteiger partial charge in [-0.3, -0.25) is 4.79 Å². The minimum Gasteiger partial charge on any atom is -0.493 e. The molecule has 0 bridgehead atoms. The number of hydrogen-bond acceptors (Lipinski definition) is 5. The van der Waals surface area contributed by atoms with E-state index in [0.717, 1.165) is 17.5 Å². The summed E-state index contributed by atoms with van der Waals surface area (Å²) in [5.74, 6) is 1.71. The maximum atomic E-state index is 13.5. The molecule has 2 aromatic carbocycles. The lowest BCUT2D eigenvalue weighted by Crippen LogP contribution is -2.40. The number of benzene rings is 2. The van der Waals surface area contributed by atoms with Crippen LogP contribution in [0.15, 0.2) is 53.9 Å². The Hall–Kier alpha value is -2.99. The first-order chi connectivity index (χ1) is 14.7. The largest absolute Gasteiger partial charge is 0.493 e. The van der Waals surface area contributed by atoms with E-state index in [4.69, 9.17) is 14.2 Å². The maximum absolute atomic E-state index is 13.5. The van der Waals surface area contributed by atoms with Crippen molar-refractivity contribution in [1.29, 1.82) is 0 Å². The lowest BCUT2D eigenvalue weighted by molar-refractivity contribution is -0.132. The second kappa shape index (κ2) is 8.79. The van der Waals surface area contributed by atoms with Crippen molar-refractivity contribution in [3.63, 3.8) is 0 Å². The van der Waals surface area contributed by atoms with Crippen LogP contribution in [0.3, 0.4) is 0 Å². The predicted molar refractivity (Wildman–Crippen MR) is 118 cm³/mol. The molecule has 156 valence electrons. The number of carbonyl (C=O) groups is 1. The molecule has 6 heteroatoms. The molecule has 1 unspecified atom stereocenters. The van der Waals surface area contributed by atoms with E-state index in [9.17, 15) is 4.79 Å². The van der Waals surface area contributed by atoms with Gasteiger partial charge in [0, 0.05) is 11.4 Å². The van der Waals surface area contributed by atoms with E-state index in [1.807, 2.05) is 35.2 Å². The van der Waals surface area contributed by atoms with Crippen LogP contribution >= 0.6 is 11.3 Å². The van der Waals surface area contributed by atoms with Crippen LogP contribution < -0.4 is 14.2 Å². The maximum Gasteiger partial charge on any atom is 0.227 e. The number of nitrogens with zero attached hydrogens (tertiary/aromatic N) is 1. The van der Waals surface area contributed by atoms with E-state index in [2.05, 4.69) is 23.6 Å². The molecule has 5 nitrogen and oxygen atoms in total. The highest BCUT2D eigenvalue weighted by atomic mass is 32.1. The van der Waals surface area contributed by atoms with Crippen LogP contribution in [0.2, 0.25) is 0 Å². The summed E-state index contributed by atoms with van der Waals surface area (Å²) in [6.07, 6.45) is 1.15. The number of ether oxygens (including phenoxy) is 3. The Bertz CT molecular complexity index is 1010. The molecule has 30 heavy (non-hydrogen) atoms. The van der Waals surface area contributed by atoms with Crippen LogP contribution in [0.4, 0.5) is 0 Å². The van der Waals surface area contributed by atoms with E-state index in [1.165, 1.54) is 10.4 Å². The number of fused-ring (bicyclic) bond motifs is 1. The van der Waals surface area contributed by atoms with Crippen LogP contribution in [0.25, 0.3) is 0 Å². The second-order valence-electron chi connectivity index (χ2n) is 7.16. The van der Waals surface area contributed by atoms with Gasteiger partial charge < -0.3 is 19.1 Å². The molecule has 1 atom stereocenters. The SMILES string of the molecule is COc1cc(CC(=O)N2CCc3sccc3C2c2ccccc2)cc(OC)c1OC. The Labute approximate surface area is 180 Å². The smallest absolute Gasteiger partial charge is 0.227 e. The van der Waals surface area contributed by atoms with Crippen molar-refractivity contribution in [2.24, 2.45) is 0 Å². The average Bonchev–Trinajstić information content (AvgIpc) is 3.27. The zero-order valence-corrected chi connectivity index (χ0v) is 18.2. The molecule has 0 aliphatic carbocycles. The minimum atomic E-state index is -0.0595. The first-order valence-corrected chi connectivity index (χ1v) is 10.7. The van der Waals surface area contributed by atoms with Crippen LogP contribution in [-0.4, -0.2) is 38.7 Å². The number of methoxy groups -OCH3 is 3. The van der Waals surface area contributed by atoms with E-state index in [0.29, 0.717) is 23.8 Å². The van der Waals surface area contributed by atoms with Crippen molar-refractivity contribution in [2.45, 2.75) is 18.9 Å². The molecule has 0 fully saturated rings. The van der Waals surface area contributed by atoms with Gasteiger partial charge in [-0.25, -0.2) is 0 Å². The summed E-state index contributed by atoms with van der Waals surface area (Å²) in [5, 5.41) is 2.12. The Morgan fingerprint density at radius 3 is 2.37 bits per heavy atom. The zero-order valence-electron chi connectivity index (χ0n) is 17.4. The fourth-order valence-electron chi connectivity index (χ4n) is 4.09. The summed E-state index contributed by atoms with van der Waals surface area (Å²) >= 11 is 1.77. The van der Waals surface area contributed by atoms with Gasteiger partial charge in [-0.05, 0) is 46.7 Å². The van der Waals surface area contributed by atoms with Gasteiger partial charge in [0.2, 0.25) is 11.7 Å². The third-order valence-corrected chi connectivity index (χ3v) is 6.48. The molecule has 1 amide bonds. The van der Waals surface area contributed by atoms with Crippen molar-refractivity contribution in [3.05, 3.63) is 75.5 Å². The van der Waals surface area contributed by atoms with Crippen LogP contribution in [0.1, 0.15) is 27.6 Å². The van der Waals surface area contributed by atoms with Gasteiger partial charge in [0.05, 0.1) is 33.8 Å². The lowest BCUT2D eigenvalue weighted by Gasteiger charge is -2.36. The number of hydrogen-bond donors (Lipinski definition) is 0. The topological polar surface area (TPSA) is 48.0 Å². The molecule has 0 saturated carbocycles. The molecule has 1 aliphatic heterocycles. The van der Waals surface area contributed by atoms with Crippen LogP contribution in [0, 0.1) is 0 Å². The fraction of sp³-hybridized carbons (Fsp3) is 0.292. The number of rotatable bonds is 6. The Kier molecular flexibility index (Phi) is 5.95. The second-order valence-corrected chi connectivity index (χ2v) is 8.16. The van der Waals surface area contributed by atoms with E-state index in [1.54, 1.807) is 32.7 Å². The van der Waals surface area contributed by atoms with Gasteiger partial charge >= 0.3 is 0 Å². The number of carbonyl (C=O) groups excluding carboxylic acids is 1. The summed E-state index contributed by atoms with van der Waals surface area (Å²) in [4.78, 5) is 16.8. The van der Waals surface area contributed by atoms with E-state index in [-0.39, 0.29) is 18.4 Å². The zero-order chi connectivity index (χ0) is 21.1. The van der Waals surface area contributed by atoms with E-state index < -0.39 is 0 Å². The molecule has 1 aliphatic rings. The Balaban J connectivity index is 1.66. The highest BCUT2D eigenvalue weighted by molar-refractivity contribution is 7.10. The molecule has 0 spiro atoms.